The van der Waals surface area contributed by atoms with Crippen LogP contribution in [-0.4, -0.2) is 27.9 Å². The van der Waals surface area contributed by atoms with Gasteiger partial charge in [0, 0.05) is 10.9 Å². The molecular formula is C19H16N4O3. The van der Waals surface area contributed by atoms with Crippen LogP contribution in [0.2, 0.25) is 0 Å². The Hall–Kier alpha value is -3.61. The molecule has 0 aliphatic heterocycles. The molecule has 4 rings (SSSR count). The molecule has 0 saturated heterocycles. The summed E-state index contributed by atoms with van der Waals surface area (Å²) >= 11 is 0. The lowest BCUT2D eigenvalue weighted by molar-refractivity contribution is 0.412. The standard InChI is InChI=1S/C19H16N4O3/c1-11(14-9-12(25-2)7-8-15(14)24)22-23-19-18-17(20-10-21-19)13-5-3-4-6-16(13)26-18/h3-10,24H,1-2H3,(H,20,21,23)/b22-11+. The molecule has 0 bridgehead atoms. The molecule has 7 heteroatoms. The second kappa shape index (κ2) is 6.36. The molecule has 0 aliphatic carbocycles. The van der Waals surface area contributed by atoms with E-state index < -0.39 is 0 Å². The Morgan fingerprint density at radius 3 is 2.88 bits per heavy atom. The predicted octanol–water partition coefficient (Wildman–Crippen LogP) is 3.93. The average Bonchev–Trinajstić information content (AvgIpc) is 3.06. The smallest absolute Gasteiger partial charge is 0.197 e. The number of furan rings is 1. The maximum Gasteiger partial charge on any atom is 0.197 e. The SMILES string of the molecule is COc1ccc(O)c(/C(C)=N/Nc2ncnc3c2oc2ccccc23)c1. The highest BCUT2D eigenvalue weighted by Crippen LogP contribution is 2.30. The number of hydrazone groups is 1. The van der Waals surface area contributed by atoms with Crippen LogP contribution in [0.5, 0.6) is 11.5 Å². The highest BCUT2D eigenvalue weighted by Gasteiger charge is 2.13. The molecule has 2 aromatic carbocycles. The lowest BCUT2D eigenvalue weighted by Gasteiger charge is -2.07. The first-order chi connectivity index (χ1) is 12.7. The van der Waals surface area contributed by atoms with E-state index in [1.54, 1.807) is 32.2 Å². The minimum Gasteiger partial charge on any atom is -0.507 e. The van der Waals surface area contributed by atoms with Crippen molar-refractivity contribution in [2.24, 2.45) is 5.10 Å². The van der Waals surface area contributed by atoms with E-state index in [4.69, 9.17) is 9.15 Å². The van der Waals surface area contributed by atoms with Gasteiger partial charge in [-0.2, -0.15) is 5.10 Å². The van der Waals surface area contributed by atoms with E-state index in [0.717, 1.165) is 16.5 Å². The number of nitrogens with zero attached hydrogens (tertiary/aromatic N) is 3. The first-order valence-corrected chi connectivity index (χ1v) is 7.97. The monoisotopic (exact) mass is 348 g/mol. The molecule has 0 fully saturated rings. The Morgan fingerprint density at radius 1 is 1.19 bits per heavy atom. The van der Waals surface area contributed by atoms with E-state index in [2.05, 4.69) is 20.5 Å². The molecule has 0 unspecified atom stereocenters. The zero-order chi connectivity index (χ0) is 18.1. The number of rotatable bonds is 4. The summed E-state index contributed by atoms with van der Waals surface area (Å²) in [5.74, 6) is 1.20. The number of nitrogens with one attached hydrogen (secondary N) is 1. The molecule has 26 heavy (non-hydrogen) atoms. The Kier molecular flexibility index (Phi) is 3.89. The van der Waals surface area contributed by atoms with Crippen molar-refractivity contribution in [3.63, 3.8) is 0 Å². The summed E-state index contributed by atoms with van der Waals surface area (Å²) < 4.78 is 11.0. The summed E-state index contributed by atoms with van der Waals surface area (Å²) in [5, 5.41) is 15.3. The topological polar surface area (TPSA) is 92.8 Å². The van der Waals surface area contributed by atoms with Crippen LogP contribution in [0.3, 0.4) is 0 Å². The molecule has 4 aromatic rings. The van der Waals surface area contributed by atoms with Crippen LogP contribution >= 0.6 is 0 Å². The number of fused-ring (bicyclic) bond motifs is 3. The lowest BCUT2D eigenvalue weighted by atomic mass is 10.1. The number of ether oxygens (including phenoxy) is 1. The second-order valence-electron chi connectivity index (χ2n) is 5.69. The largest absolute Gasteiger partial charge is 0.507 e. The van der Waals surface area contributed by atoms with E-state index in [1.807, 2.05) is 24.3 Å². The Labute approximate surface area is 149 Å². The van der Waals surface area contributed by atoms with Crippen molar-refractivity contribution in [1.82, 2.24) is 9.97 Å². The zero-order valence-corrected chi connectivity index (χ0v) is 14.2. The van der Waals surface area contributed by atoms with Crippen molar-refractivity contribution in [1.29, 1.82) is 0 Å². The van der Waals surface area contributed by atoms with Crippen molar-refractivity contribution in [2.45, 2.75) is 6.92 Å². The Morgan fingerprint density at radius 2 is 2.04 bits per heavy atom. The molecule has 7 nitrogen and oxygen atoms in total. The van der Waals surface area contributed by atoms with E-state index in [-0.39, 0.29) is 5.75 Å². The molecule has 130 valence electrons. The van der Waals surface area contributed by atoms with E-state index in [9.17, 15) is 5.11 Å². The fourth-order valence-electron chi connectivity index (χ4n) is 2.73. The minimum atomic E-state index is 0.116. The van der Waals surface area contributed by atoms with Crippen LogP contribution in [0, 0.1) is 0 Å². The molecule has 0 atom stereocenters. The van der Waals surface area contributed by atoms with Gasteiger partial charge >= 0.3 is 0 Å². The summed E-state index contributed by atoms with van der Waals surface area (Å²) in [5.41, 5.74) is 6.02. The third-order valence-corrected chi connectivity index (χ3v) is 4.08. The van der Waals surface area contributed by atoms with Crippen molar-refractivity contribution in [3.8, 4) is 11.5 Å². The van der Waals surface area contributed by atoms with Gasteiger partial charge in [-0.25, -0.2) is 9.97 Å². The normalized spacial score (nSPS) is 11.8. The molecule has 2 aromatic heterocycles. The van der Waals surface area contributed by atoms with Gasteiger partial charge < -0.3 is 14.3 Å². The molecule has 0 spiro atoms. The Bertz CT molecular complexity index is 1130. The van der Waals surface area contributed by atoms with Gasteiger partial charge in [0.2, 0.25) is 0 Å². The third kappa shape index (κ3) is 2.69. The van der Waals surface area contributed by atoms with Gasteiger partial charge in [-0.05, 0) is 37.3 Å². The number of anilines is 1. The number of hydrogen-bond acceptors (Lipinski definition) is 7. The van der Waals surface area contributed by atoms with E-state index >= 15 is 0 Å². The van der Waals surface area contributed by atoms with Crippen LogP contribution in [-0.2, 0) is 0 Å². The molecule has 0 aliphatic rings. The second-order valence-corrected chi connectivity index (χ2v) is 5.69. The van der Waals surface area contributed by atoms with Crippen LogP contribution in [0.25, 0.3) is 22.1 Å². The summed E-state index contributed by atoms with van der Waals surface area (Å²) in [6.07, 6.45) is 1.46. The Balaban J connectivity index is 1.72. The number of para-hydroxylation sites is 1. The average molecular weight is 348 g/mol. The molecule has 0 radical (unpaired) electrons. The molecule has 2 N–H and O–H groups in total. The molecule has 0 saturated carbocycles. The number of benzene rings is 2. The van der Waals surface area contributed by atoms with Gasteiger partial charge in [-0.1, -0.05) is 12.1 Å². The maximum atomic E-state index is 10.1. The summed E-state index contributed by atoms with van der Waals surface area (Å²) in [6, 6.07) is 12.6. The van der Waals surface area contributed by atoms with Gasteiger partial charge in [-0.15, -0.1) is 0 Å². The van der Waals surface area contributed by atoms with Crippen LogP contribution in [0.4, 0.5) is 5.82 Å². The summed E-state index contributed by atoms with van der Waals surface area (Å²) in [7, 11) is 1.57. The predicted molar refractivity (Wildman–Crippen MR) is 99.8 cm³/mol. The van der Waals surface area contributed by atoms with Gasteiger partial charge in [-0.3, -0.25) is 5.43 Å². The van der Waals surface area contributed by atoms with Crippen molar-refractivity contribution in [3.05, 3.63) is 54.4 Å². The van der Waals surface area contributed by atoms with E-state index in [1.165, 1.54) is 6.33 Å². The summed E-state index contributed by atoms with van der Waals surface area (Å²) in [6.45, 7) is 1.78. The van der Waals surface area contributed by atoms with Crippen LogP contribution in [0.1, 0.15) is 12.5 Å². The number of methoxy groups -OCH3 is 1. The number of aromatic nitrogens is 2. The highest BCUT2D eigenvalue weighted by atomic mass is 16.5. The lowest BCUT2D eigenvalue weighted by Crippen LogP contribution is -2.02. The fourth-order valence-corrected chi connectivity index (χ4v) is 2.73. The van der Waals surface area contributed by atoms with E-state index in [0.29, 0.717) is 28.4 Å². The van der Waals surface area contributed by atoms with Crippen LogP contribution in [0.15, 0.2) is 58.3 Å². The van der Waals surface area contributed by atoms with Crippen LogP contribution < -0.4 is 10.2 Å². The zero-order valence-electron chi connectivity index (χ0n) is 14.2. The van der Waals surface area contributed by atoms with Gasteiger partial charge in [0.1, 0.15) is 28.9 Å². The van der Waals surface area contributed by atoms with Gasteiger partial charge in [0.25, 0.3) is 0 Å². The molecule has 2 heterocycles. The van der Waals surface area contributed by atoms with Crippen molar-refractivity contribution in [2.75, 3.05) is 12.5 Å². The minimum absolute atomic E-state index is 0.116. The fraction of sp³-hybridized carbons (Fsp3) is 0.105. The number of aromatic hydroxyl groups is 1. The van der Waals surface area contributed by atoms with Crippen molar-refractivity contribution < 1.29 is 14.3 Å². The molecule has 0 amide bonds. The number of phenols is 1. The van der Waals surface area contributed by atoms with Gasteiger partial charge in [0.05, 0.1) is 12.8 Å². The highest BCUT2D eigenvalue weighted by molar-refractivity contribution is 6.06. The molecular weight excluding hydrogens is 332 g/mol. The first kappa shape index (κ1) is 15.9. The third-order valence-electron chi connectivity index (χ3n) is 4.08. The number of phenolic OH excluding ortho intramolecular Hbond substituents is 1. The summed E-state index contributed by atoms with van der Waals surface area (Å²) in [4.78, 5) is 8.52. The van der Waals surface area contributed by atoms with Gasteiger partial charge in [0.15, 0.2) is 11.4 Å². The first-order valence-electron chi connectivity index (χ1n) is 7.97. The quantitative estimate of drug-likeness (QED) is 0.429. The number of hydrogen-bond donors (Lipinski definition) is 2. The maximum absolute atomic E-state index is 10.1. The van der Waals surface area contributed by atoms with Crippen molar-refractivity contribution >= 4 is 33.6 Å².